The molecule has 0 amide bonds. The Morgan fingerprint density at radius 1 is 2.00 bits per heavy atom. The highest BCUT2D eigenvalue weighted by Crippen LogP contribution is 2.24. The van der Waals surface area contributed by atoms with Crippen LogP contribution in [0.3, 0.4) is 0 Å². The zero-order valence-electron chi connectivity index (χ0n) is 3.99. The molecule has 0 aromatic carbocycles. The molecule has 0 radical (unpaired) electrons. The zero-order valence-corrected chi connectivity index (χ0v) is 3.99. The van der Waals surface area contributed by atoms with Crippen molar-refractivity contribution in [2.75, 3.05) is 0 Å². The van der Waals surface area contributed by atoms with E-state index in [1.54, 1.807) is 0 Å². The lowest BCUT2D eigenvalue weighted by Gasteiger charge is -1.79. The van der Waals surface area contributed by atoms with Crippen LogP contribution >= 0.6 is 0 Å². The molecule has 32 valence electrons. The Bertz CT molecular complexity index is 107. The lowest BCUT2D eigenvalue weighted by Crippen LogP contribution is -1.58. The van der Waals surface area contributed by atoms with E-state index in [1.165, 1.54) is 17.6 Å². The van der Waals surface area contributed by atoms with Crippen LogP contribution in [-0.2, 0) is 0 Å². The van der Waals surface area contributed by atoms with Crippen LogP contribution in [0.15, 0.2) is 23.8 Å². The van der Waals surface area contributed by atoms with E-state index in [0.29, 0.717) is 0 Å². The summed E-state index contributed by atoms with van der Waals surface area (Å²) in [6.07, 6.45) is 3.37. The van der Waals surface area contributed by atoms with Crippen LogP contribution in [0.4, 0.5) is 0 Å². The van der Waals surface area contributed by atoms with Crippen LogP contribution < -0.4 is 0 Å². The summed E-state index contributed by atoms with van der Waals surface area (Å²) in [5, 5.41) is 0. The molecule has 0 heterocycles. The third-order valence-corrected chi connectivity index (χ3v) is 0.956. The van der Waals surface area contributed by atoms with Crippen LogP contribution in [0.5, 0.6) is 0 Å². The molecule has 1 aliphatic rings. The maximum absolute atomic E-state index is 3.75. The first-order chi connectivity index (χ1) is 2.80. The van der Waals surface area contributed by atoms with Gasteiger partial charge in [0.15, 0.2) is 0 Å². The monoisotopic (exact) mass is 80.1 g/mol. The first-order valence-corrected chi connectivity index (χ1v) is 2.15. The molecule has 0 N–H and O–H groups in total. The average Bonchev–Trinajstić information content (AvgIpc) is 2.06. The van der Waals surface area contributed by atoms with Crippen molar-refractivity contribution < 1.29 is 0 Å². The fourth-order valence-corrected chi connectivity index (χ4v) is 0.399. The summed E-state index contributed by atoms with van der Waals surface area (Å²) >= 11 is 0. The van der Waals surface area contributed by atoms with Gasteiger partial charge in [-0.15, -0.1) is 0 Å². The van der Waals surface area contributed by atoms with E-state index < -0.39 is 0 Å². The summed E-state index contributed by atoms with van der Waals surface area (Å²) in [5.74, 6) is 0. The molecule has 0 spiro atoms. The average molecular weight is 80.1 g/mol. The van der Waals surface area contributed by atoms with Crippen LogP contribution in [-0.4, -0.2) is 0 Å². The maximum Gasteiger partial charge on any atom is -0.00921 e. The molecule has 0 aromatic heterocycles. The summed E-state index contributed by atoms with van der Waals surface area (Å²) in [5.41, 5.74) is 2.67. The minimum atomic E-state index is 1.19. The minimum absolute atomic E-state index is 1.19. The molecule has 0 saturated heterocycles. The predicted octanol–water partition coefficient (Wildman–Crippen LogP) is 1.89. The van der Waals surface area contributed by atoms with Gasteiger partial charge in [0.25, 0.3) is 0 Å². The third-order valence-electron chi connectivity index (χ3n) is 0.956. The van der Waals surface area contributed by atoms with Gasteiger partial charge in [0.05, 0.1) is 0 Å². The van der Waals surface area contributed by atoms with Crippen LogP contribution in [0, 0.1) is 0 Å². The fraction of sp³-hybridized carbons (Fsp3) is 0.333. The van der Waals surface area contributed by atoms with Gasteiger partial charge < -0.3 is 0 Å². The van der Waals surface area contributed by atoms with Crippen molar-refractivity contribution in [2.24, 2.45) is 0 Å². The van der Waals surface area contributed by atoms with Crippen molar-refractivity contribution in [3.63, 3.8) is 0 Å². The second-order valence-corrected chi connectivity index (χ2v) is 1.71. The Morgan fingerprint density at radius 2 is 2.50 bits per heavy atom. The smallest absolute Gasteiger partial charge is 0.00921 e. The Morgan fingerprint density at radius 3 is 2.50 bits per heavy atom. The second-order valence-electron chi connectivity index (χ2n) is 1.71. The Hall–Kier alpha value is -0.520. The van der Waals surface area contributed by atoms with Gasteiger partial charge >= 0.3 is 0 Å². The molecule has 0 nitrogen and oxygen atoms in total. The topological polar surface area (TPSA) is 0 Å². The van der Waals surface area contributed by atoms with E-state index in [9.17, 15) is 0 Å². The van der Waals surface area contributed by atoms with Crippen LogP contribution in [0.1, 0.15) is 13.3 Å². The van der Waals surface area contributed by atoms with Crippen LogP contribution in [0.25, 0.3) is 0 Å². The standard InChI is InChI=1S/C6H8/c1-5(2)6-3-4-6/h3H,1,4H2,2H3. The SMILES string of the molecule is C=C(C)C1=CC1. The Balaban J connectivity index is 2.52. The zero-order chi connectivity index (χ0) is 4.57. The summed E-state index contributed by atoms with van der Waals surface area (Å²) in [6, 6.07) is 0. The van der Waals surface area contributed by atoms with Gasteiger partial charge in [-0.1, -0.05) is 18.2 Å². The van der Waals surface area contributed by atoms with E-state index in [2.05, 4.69) is 12.7 Å². The van der Waals surface area contributed by atoms with Gasteiger partial charge in [-0.3, -0.25) is 0 Å². The summed E-state index contributed by atoms with van der Waals surface area (Å²) in [6.45, 7) is 5.79. The van der Waals surface area contributed by atoms with Crippen molar-refractivity contribution in [2.45, 2.75) is 13.3 Å². The van der Waals surface area contributed by atoms with Crippen molar-refractivity contribution in [3.05, 3.63) is 23.8 Å². The molecule has 0 aliphatic heterocycles. The van der Waals surface area contributed by atoms with E-state index in [1.807, 2.05) is 6.92 Å². The van der Waals surface area contributed by atoms with Gasteiger partial charge in [0.1, 0.15) is 0 Å². The van der Waals surface area contributed by atoms with Gasteiger partial charge in [-0.05, 0) is 18.9 Å². The number of hydrogen-bond acceptors (Lipinski definition) is 0. The largest absolute Gasteiger partial charge is 0.0958 e. The van der Waals surface area contributed by atoms with Gasteiger partial charge in [-0.2, -0.15) is 0 Å². The maximum atomic E-state index is 3.75. The number of allylic oxidation sites excluding steroid dienone is 3. The summed E-state index contributed by atoms with van der Waals surface area (Å²) < 4.78 is 0. The van der Waals surface area contributed by atoms with E-state index >= 15 is 0 Å². The summed E-state index contributed by atoms with van der Waals surface area (Å²) in [7, 11) is 0. The van der Waals surface area contributed by atoms with Gasteiger partial charge in [0, 0.05) is 0 Å². The predicted molar refractivity (Wildman–Crippen MR) is 27.5 cm³/mol. The molecule has 0 fully saturated rings. The molecule has 0 unspecified atom stereocenters. The van der Waals surface area contributed by atoms with Crippen molar-refractivity contribution in [3.8, 4) is 0 Å². The first-order valence-electron chi connectivity index (χ1n) is 2.15. The third kappa shape index (κ3) is 0.510. The molecule has 0 saturated carbocycles. The second kappa shape index (κ2) is 0.970. The molecule has 0 heteroatoms. The highest BCUT2D eigenvalue weighted by Gasteiger charge is 2.04. The van der Waals surface area contributed by atoms with E-state index in [0.717, 1.165) is 0 Å². The molecular formula is C6H8. The van der Waals surface area contributed by atoms with E-state index in [-0.39, 0.29) is 0 Å². The Kier molecular flexibility index (Phi) is 0.592. The lowest BCUT2D eigenvalue weighted by molar-refractivity contribution is 1.43. The number of hydrogen-bond donors (Lipinski definition) is 0. The number of rotatable bonds is 1. The molecule has 0 bridgehead atoms. The lowest BCUT2D eigenvalue weighted by atomic mass is 10.3. The van der Waals surface area contributed by atoms with Gasteiger partial charge in [0.2, 0.25) is 0 Å². The van der Waals surface area contributed by atoms with Crippen molar-refractivity contribution in [1.82, 2.24) is 0 Å². The van der Waals surface area contributed by atoms with Crippen LogP contribution in [0.2, 0.25) is 0 Å². The molecular weight excluding hydrogens is 72.1 g/mol. The molecule has 0 atom stereocenters. The first kappa shape index (κ1) is 3.66. The highest BCUT2D eigenvalue weighted by atomic mass is 14.1. The molecule has 1 rings (SSSR count). The van der Waals surface area contributed by atoms with Crippen molar-refractivity contribution >= 4 is 0 Å². The highest BCUT2D eigenvalue weighted by molar-refractivity contribution is 5.39. The molecule has 0 aromatic rings. The quantitative estimate of drug-likeness (QED) is 0.451. The normalized spacial score (nSPS) is 16.5. The minimum Gasteiger partial charge on any atom is -0.0958 e. The van der Waals surface area contributed by atoms with Gasteiger partial charge in [-0.25, -0.2) is 0 Å². The van der Waals surface area contributed by atoms with Crippen molar-refractivity contribution in [1.29, 1.82) is 0 Å². The molecule has 6 heavy (non-hydrogen) atoms. The molecule has 1 aliphatic carbocycles. The Labute approximate surface area is 38.2 Å². The van der Waals surface area contributed by atoms with E-state index in [4.69, 9.17) is 0 Å². The summed E-state index contributed by atoms with van der Waals surface area (Å²) in [4.78, 5) is 0. The fourth-order valence-electron chi connectivity index (χ4n) is 0.399.